The Morgan fingerprint density at radius 2 is 0.724 bits per heavy atom. The topological polar surface area (TPSA) is 61.8 Å². The predicted octanol–water partition coefficient (Wildman–Crippen LogP) is 17.0. The zero-order chi connectivity index (χ0) is 42.1. The van der Waals surface area contributed by atoms with Crippen molar-refractivity contribution in [2.75, 3.05) is 19.8 Å². The van der Waals surface area contributed by atoms with E-state index in [1.807, 2.05) is 0 Å². The Balaban J connectivity index is 4.14. The Bertz CT molecular complexity index is 924. The molecule has 340 valence electrons. The first-order valence-electron chi connectivity index (χ1n) is 25.5. The maximum Gasteiger partial charge on any atom is 0.306 e. The standard InChI is InChI=1S/C53H98O5/c1-4-7-10-13-16-19-21-23-25-26-27-28-30-31-33-35-37-40-43-46-52(54)57-50-51(49-56-48-45-42-39-18-15-12-9-6-3)58-53(55)47-44-41-38-36-34-32-29-24-22-20-17-14-11-8-5-2/h16,19,23-25,29,51H,4-15,17-18,20-22,26-28,30-50H2,1-3H3/b19-16-,25-23-,29-24-. The van der Waals surface area contributed by atoms with Gasteiger partial charge in [0.1, 0.15) is 6.61 Å². The summed E-state index contributed by atoms with van der Waals surface area (Å²) in [4.78, 5) is 25.3. The smallest absolute Gasteiger partial charge is 0.306 e. The van der Waals surface area contributed by atoms with E-state index in [1.165, 1.54) is 173 Å². The summed E-state index contributed by atoms with van der Waals surface area (Å²) in [5.41, 5.74) is 0. The van der Waals surface area contributed by atoms with Crippen LogP contribution in [0.3, 0.4) is 0 Å². The monoisotopic (exact) mass is 815 g/mol. The molecule has 0 aliphatic carbocycles. The minimum absolute atomic E-state index is 0.0837. The summed E-state index contributed by atoms with van der Waals surface area (Å²) < 4.78 is 17.3. The summed E-state index contributed by atoms with van der Waals surface area (Å²) in [6.45, 7) is 7.80. The van der Waals surface area contributed by atoms with Crippen molar-refractivity contribution in [2.24, 2.45) is 0 Å². The van der Waals surface area contributed by atoms with E-state index >= 15 is 0 Å². The lowest BCUT2D eigenvalue weighted by atomic mass is 10.1. The number of carbonyl (C=O) groups excluding carboxylic acids is 2. The van der Waals surface area contributed by atoms with E-state index in [9.17, 15) is 9.59 Å². The average Bonchev–Trinajstić information content (AvgIpc) is 3.22. The molecule has 5 nitrogen and oxygen atoms in total. The summed E-state index contributed by atoms with van der Waals surface area (Å²) in [6, 6.07) is 0. The van der Waals surface area contributed by atoms with Crippen molar-refractivity contribution in [3.63, 3.8) is 0 Å². The Hall–Kier alpha value is -1.88. The molecule has 0 saturated heterocycles. The molecule has 0 aromatic carbocycles. The average molecular weight is 815 g/mol. The van der Waals surface area contributed by atoms with E-state index < -0.39 is 6.10 Å². The molecular weight excluding hydrogens is 717 g/mol. The number of esters is 2. The molecule has 58 heavy (non-hydrogen) atoms. The first-order valence-corrected chi connectivity index (χ1v) is 25.5. The lowest BCUT2D eigenvalue weighted by Crippen LogP contribution is -2.30. The third-order valence-corrected chi connectivity index (χ3v) is 11.1. The van der Waals surface area contributed by atoms with Crippen LogP contribution in [0, 0.1) is 0 Å². The number of hydrogen-bond donors (Lipinski definition) is 0. The van der Waals surface area contributed by atoms with Gasteiger partial charge in [-0.2, -0.15) is 0 Å². The van der Waals surface area contributed by atoms with E-state index in [0.717, 1.165) is 57.8 Å². The van der Waals surface area contributed by atoms with Gasteiger partial charge in [-0.1, -0.05) is 211 Å². The molecule has 0 aliphatic rings. The number of hydrogen-bond acceptors (Lipinski definition) is 5. The molecular formula is C53H98O5. The lowest BCUT2D eigenvalue weighted by Gasteiger charge is -2.18. The van der Waals surface area contributed by atoms with Crippen molar-refractivity contribution in [3.8, 4) is 0 Å². The fourth-order valence-corrected chi connectivity index (χ4v) is 7.30. The van der Waals surface area contributed by atoms with Crippen molar-refractivity contribution in [1.29, 1.82) is 0 Å². The largest absolute Gasteiger partial charge is 0.462 e. The number of allylic oxidation sites excluding steroid dienone is 6. The van der Waals surface area contributed by atoms with Crippen LogP contribution in [-0.4, -0.2) is 37.9 Å². The molecule has 0 N–H and O–H groups in total. The molecule has 0 amide bonds. The van der Waals surface area contributed by atoms with Crippen LogP contribution in [0.2, 0.25) is 0 Å². The van der Waals surface area contributed by atoms with E-state index in [-0.39, 0.29) is 25.2 Å². The Morgan fingerprint density at radius 3 is 1.19 bits per heavy atom. The Labute approximate surface area is 361 Å². The van der Waals surface area contributed by atoms with Crippen LogP contribution in [0.1, 0.15) is 265 Å². The maximum absolute atomic E-state index is 12.7. The van der Waals surface area contributed by atoms with Crippen LogP contribution in [0.4, 0.5) is 0 Å². The van der Waals surface area contributed by atoms with Gasteiger partial charge < -0.3 is 14.2 Å². The van der Waals surface area contributed by atoms with Gasteiger partial charge in [-0.3, -0.25) is 9.59 Å². The molecule has 0 spiro atoms. The number of carbonyl (C=O) groups is 2. The molecule has 0 bridgehead atoms. The van der Waals surface area contributed by atoms with E-state index in [0.29, 0.717) is 19.4 Å². The van der Waals surface area contributed by atoms with Gasteiger partial charge in [-0.15, -0.1) is 0 Å². The second-order valence-electron chi connectivity index (χ2n) is 17.1. The molecule has 0 fully saturated rings. The zero-order valence-corrected chi connectivity index (χ0v) is 39.1. The van der Waals surface area contributed by atoms with Crippen LogP contribution >= 0.6 is 0 Å². The second-order valence-corrected chi connectivity index (χ2v) is 17.1. The Kier molecular flexibility index (Phi) is 47.9. The minimum atomic E-state index is -0.535. The van der Waals surface area contributed by atoms with Gasteiger partial charge in [0, 0.05) is 19.4 Å². The molecule has 0 rings (SSSR count). The van der Waals surface area contributed by atoms with Crippen LogP contribution < -0.4 is 0 Å². The molecule has 0 aliphatic heterocycles. The number of rotatable bonds is 47. The van der Waals surface area contributed by atoms with Crippen molar-refractivity contribution in [2.45, 2.75) is 271 Å². The molecule has 0 aromatic heterocycles. The van der Waals surface area contributed by atoms with Gasteiger partial charge in [0.2, 0.25) is 0 Å². The van der Waals surface area contributed by atoms with Gasteiger partial charge in [-0.05, 0) is 77.0 Å². The van der Waals surface area contributed by atoms with Gasteiger partial charge >= 0.3 is 11.9 Å². The third kappa shape index (κ3) is 46.8. The zero-order valence-electron chi connectivity index (χ0n) is 39.1. The highest BCUT2D eigenvalue weighted by Gasteiger charge is 2.17. The summed E-state index contributed by atoms with van der Waals surface area (Å²) >= 11 is 0. The van der Waals surface area contributed by atoms with Crippen LogP contribution in [0.5, 0.6) is 0 Å². The van der Waals surface area contributed by atoms with Gasteiger partial charge in [0.15, 0.2) is 6.10 Å². The van der Waals surface area contributed by atoms with Crippen LogP contribution in [-0.2, 0) is 23.8 Å². The van der Waals surface area contributed by atoms with Gasteiger partial charge in [0.05, 0.1) is 6.61 Å². The number of unbranched alkanes of at least 4 members (excludes halogenated alkanes) is 30. The summed E-state index contributed by atoms with van der Waals surface area (Å²) in [7, 11) is 0. The number of ether oxygens (including phenoxy) is 3. The molecule has 0 radical (unpaired) electrons. The van der Waals surface area contributed by atoms with E-state index in [1.54, 1.807) is 0 Å². The van der Waals surface area contributed by atoms with Crippen molar-refractivity contribution >= 4 is 11.9 Å². The Morgan fingerprint density at radius 1 is 0.379 bits per heavy atom. The van der Waals surface area contributed by atoms with Gasteiger partial charge in [-0.25, -0.2) is 0 Å². The second kappa shape index (κ2) is 49.5. The summed E-state index contributed by atoms with van der Waals surface area (Å²) in [5.74, 6) is -0.402. The van der Waals surface area contributed by atoms with E-state index in [4.69, 9.17) is 14.2 Å². The highest BCUT2D eigenvalue weighted by Crippen LogP contribution is 2.14. The predicted molar refractivity (Wildman–Crippen MR) is 252 cm³/mol. The lowest BCUT2D eigenvalue weighted by molar-refractivity contribution is -0.163. The summed E-state index contributed by atoms with van der Waals surface area (Å²) in [5, 5.41) is 0. The van der Waals surface area contributed by atoms with Gasteiger partial charge in [0.25, 0.3) is 0 Å². The van der Waals surface area contributed by atoms with Crippen LogP contribution in [0.25, 0.3) is 0 Å². The SMILES string of the molecule is CCCCC/C=C\C/C=C\CCCCCCCCCCCC(=O)OCC(COCCCCCCCCCC)OC(=O)CCCCCCC/C=C\CCCCCCCC. The molecule has 1 atom stereocenters. The van der Waals surface area contributed by atoms with Crippen molar-refractivity contribution in [1.82, 2.24) is 0 Å². The fourth-order valence-electron chi connectivity index (χ4n) is 7.30. The fraction of sp³-hybridized carbons (Fsp3) is 0.849. The minimum Gasteiger partial charge on any atom is -0.462 e. The molecule has 5 heteroatoms. The quantitative estimate of drug-likeness (QED) is 0.0348. The van der Waals surface area contributed by atoms with E-state index in [2.05, 4.69) is 57.2 Å². The normalized spacial score (nSPS) is 12.4. The highest BCUT2D eigenvalue weighted by atomic mass is 16.6. The van der Waals surface area contributed by atoms with Crippen LogP contribution in [0.15, 0.2) is 36.5 Å². The maximum atomic E-state index is 12.7. The first kappa shape index (κ1) is 56.1. The first-order chi connectivity index (χ1) is 28.6. The third-order valence-electron chi connectivity index (χ3n) is 11.1. The molecule has 1 unspecified atom stereocenters. The molecule has 0 saturated carbocycles. The van der Waals surface area contributed by atoms with Crippen molar-refractivity contribution in [3.05, 3.63) is 36.5 Å². The molecule has 0 heterocycles. The summed E-state index contributed by atoms with van der Waals surface area (Å²) in [6.07, 6.45) is 58.6. The van der Waals surface area contributed by atoms with Crippen molar-refractivity contribution < 1.29 is 23.8 Å². The molecule has 0 aromatic rings. The highest BCUT2D eigenvalue weighted by molar-refractivity contribution is 5.70.